The van der Waals surface area contributed by atoms with Gasteiger partial charge in [-0.25, -0.2) is 4.79 Å². The lowest BCUT2D eigenvalue weighted by Crippen LogP contribution is -2.25. The average molecular weight is 210 g/mol. The van der Waals surface area contributed by atoms with Crippen molar-refractivity contribution < 1.29 is 9.90 Å². The molecule has 0 aromatic carbocycles. The van der Waals surface area contributed by atoms with Crippen LogP contribution in [0.15, 0.2) is 17.1 Å². The molecule has 82 valence electrons. The van der Waals surface area contributed by atoms with Crippen molar-refractivity contribution in [2.45, 2.75) is 19.9 Å². The van der Waals surface area contributed by atoms with Gasteiger partial charge >= 0.3 is 5.97 Å². The van der Waals surface area contributed by atoms with Gasteiger partial charge < -0.3 is 15.0 Å². The van der Waals surface area contributed by atoms with E-state index in [0.29, 0.717) is 5.69 Å². The predicted octanol–water partition coefficient (Wildman–Crippen LogP) is 0.904. The molecule has 0 bridgehead atoms. The third-order valence-corrected chi connectivity index (χ3v) is 1.87. The van der Waals surface area contributed by atoms with E-state index in [0.717, 1.165) is 0 Å². The molecule has 5 nitrogen and oxygen atoms in total. The highest BCUT2D eigenvalue weighted by Crippen LogP contribution is 2.06. The number of aromatic carboxylic acids is 1. The van der Waals surface area contributed by atoms with Crippen LogP contribution in [0.1, 0.15) is 24.2 Å². The SMILES string of the molecule is CC(C)Nc1cc(C(=O)O)cn(C)c1=O. The van der Waals surface area contributed by atoms with Crippen molar-refractivity contribution in [2.75, 3.05) is 5.32 Å². The molecule has 1 aromatic rings. The Labute approximate surface area is 87.4 Å². The Morgan fingerprint density at radius 3 is 2.60 bits per heavy atom. The number of carbonyl (C=O) groups is 1. The van der Waals surface area contributed by atoms with Crippen LogP contribution in [0.5, 0.6) is 0 Å². The molecule has 2 N–H and O–H groups in total. The molecule has 0 aliphatic carbocycles. The minimum Gasteiger partial charge on any atom is -0.478 e. The lowest BCUT2D eigenvalue weighted by molar-refractivity contribution is 0.0696. The number of hydrogen-bond acceptors (Lipinski definition) is 3. The van der Waals surface area contributed by atoms with E-state index in [1.54, 1.807) is 0 Å². The Kier molecular flexibility index (Phi) is 3.14. The fraction of sp³-hybridized carbons (Fsp3) is 0.400. The smallest absolute Gasteiger partial charge is 0.337 e. The minimum atomic E-state index is -1.04. The van der Waals surface area contributed by atoms with Crippen molar-refractivity contribution in [3.8, 4) is 0 Å². The monoisotopic (exact) mass is 210 g/mol. The summed E-state index contributed by atoms with van der Waals surface area (Å²) in [5.41, 5.74) is 0.182. The van der Waals surface area contributed by atoms with Crippen LogP contribution in [0, 0.1) is 0 Å². The number of carboxylic acid groups (broad SMARTS) is 1. The third-order valence-electron chi connectivity index (χ3n) is 1.87. The molecule has 5 heteroatoms. The number of anilines is 1. The second-order valence-corrected chi connectivity index (χ2v) is 3.66. The zero-order valence-corrected chi connectivity index (χ0v) is 8.94. The van der Waals surface area contributed by atoms with Crippen LogP contribution in [0.25, 0.3) is 0 Å². The van der Waals surface area contributed by atoms with E-state index in [4.69, 9.17) is 5.11 Å². The topological polar surface area (TPSA) is 71.3 Å². The zero-order chi connectivity index (χ0) is 11.6. The van der Waals surface area contributed by atoms with Crippen LogP contribution >= 0.6 is 0 Å². The summed E-state index contributed by atoms with van der Waals surface area (Å²) in [6, 6.07) is 1.44. The third kappa shape index (κ3) is 2.59. The maximum absolute atomic E-state index is 11.6. The van der Waals surface area contributed by atoms with E-state index in [9.17, 15) is 9.59 Å². The Balaban J connectivity index is 3.25. The van der Waals surface area contributed by atoms with E-state index in [2.05, 4.69) is 5.32 Å². The van der Waals surface area contributed by atoms with Crippen LogP contribution in [0.4, 0.5) is 5.69 Å². The summed E-state index contributed by atoms with van der Waals surface area (Å²) in [7, 11) is 1.53. The molecule has 0 saturated carbocycles. The molecule has 0 radical (unpaired) electrons. The van der Waals surface area contributed by atoms with E-state index in [-0.39, 0.29) is 17.2 Å². The van der Waals surface area contributed by atoms with E-state index < -0.39 is 5.97 Å². The first-order valence-corrected chi connectivity index (χ1v) is 4.62. The quantitative estimate of drug-likeness (QED) is 0.777. The van der Waals surface area contributed by atoms with Gasteiger partial charge in [-0.15, -0.1) is 0 Å². The molecular weight excluding hydrogens is 196 g/mol. The summed E-state index contributed by atoms with van der Waals surface area (Å²) >= 11 is 0. The molecule has 1 rings (SSSR count). The van der Waals surface area contributed by atoms with Gasteiger partial charge in [0.1, 0.15) is 5.69 Å². The first kappa shape index (κ1) is 11.3. The molecule has 0 saturated heterocycles. The lowest BCUT2D eigenvalue weighted by Gasteiger charge is -2.11. The number of nitrogens with one attached hydrogen (secondary N) is 1. The van der Waals surface area contributed by atoms with E-state index in [1.807, 2.05) is 13.8 Å². The van der Waals surface area contributed by atoms with Gasteiger partial charge in [-0.2, -0.15) is 0 Å². The molecule has 0 amide bonds. The fourth-order valence-corrected chi connectivity index (χ4v) is 1.24. The van der Waals surface area contributed by atoms with Crippen molar-refractivity contribution in [3.63, 3.8) is 0 Å². The van der Waals surface area contributed by atoms with Crippen LogP contribution in [-0.4, -0.2) is 21.7 Å². The number of rotatable bonds is 3. The molecule has 0 unspecified atom stereocenters. The van der Waals surface area contributed by atoms with E-state index >= 15 is 0 Å². The largest absolute Gasteiger partial charge is 0.478 e. The van der Waals surface area contributed by atoms with Crippen LogP contribution in [0.3, 0.4) is 0 Å². The second kappa shape index (κ2) is 4.16. The molecule has 1 aromatic heterocycles. The van der Waals surface area contributed by atoms with Gasteiger partial charge in [-0.05, 0) is 19.9 Å². The highest BCUT2D eigenvalue weighted by molar-refractivity contribution is 5.88. The van der Waals surface area contributed by atoms with Crippen LogP contribution < -0.4 is 10.9 Å². The first-order chi connectivity index (χ1) is 6.91. The predicted molar refractivity (Wildman–Crippen MR) is 57.4 cm³/mol. The lowest BCUT2D eigenvalue weighted by atomic mass is 10.2. The van der Waals surface area contributed by atoms with Gasteiger partial charge in [0.15, 0.2) is 0 Å². The second-order valence-electron chi connectivity index (χ2n) is 3.66. The first-order valence-electron chi connectivity index (χ1n) is 4.62. The average Bonchev–Trinajstić information content (AvgIpc) is 2.11. The standard InChI is InChI=1S/C10H14N2O3/c1-6(2)11-8-4-7(10(14)15)5-12(3)9(8)13/h4-6,11H,1-3H3,(H,14,15). The van der Waals surface area contributed by atoms with Crippen molar-refractivity contribution in [1.29, 1.82) is 0 Å². The van der Waals surface area contributed by atoms with Gasteiger partial charge in [-0.1, -0.05) is 0 Å². The van der Waals surface area contributed by atoms with E-state index in [1.165, 1.54) is 23.9 Å². The molecular formula is C10H14N2O3. The molecule has 0 spiro atoms. The molecule has 0 aliphatic rings. The highest BCUT2D eigenvalue weighted by atomic mass is 16.4. The Morgan fingerprint density at radius 1 is 1.53 bits per heavy atom. The fourth-order valence-electron chi connectivity index (χ4n) is 1.24. The molecule has 0 fully saturated rings. The van der Waals surface area contributed by atoms with Crippen LogP contribution in [0.2, 0.25) is 0 Å². The minimum absolute atomic E-state index is 0.0849. The zero-order valence-electron chi connectivity index (χ0n) is 8.94. The number of aryl methyl sites for hydroxylation is 1. The van der Waals surface area contributed by atoms with Gasteiger partial charge in [0.2, 0.25) is 0 Å². The summed E-state index contributed by atoms with van der Waals surface area (Å²) in [5.74, 6) is -1.04. The molecule has 0 aliphatic heterocycles. The number of pyridine rings is 1. The molecule has 15 heavy (non-hydrogen) atoms. The van der Waals surface area contributed by atoms with Gasteiger partial charge in [-0.3, -0.25) is 4.79 Å². The Hall–Kier alpha value is -1.78. The summed E-state index contributed by atoms with van der Waals surface area (Å²) in [6.07, 6.45) is 1.30. The van der Waals surface area contributed by atoms with Crippen LogP contribution in [-0.2, 0) is 7.05 Å². The van der Waals surface area contributed by atoms with Crippen molar-refractivity contribution >= 4 is 11.7 Å². The molecule has 1 heterocycles. The van der Waals surface area contributed by atoms with Gasteiger partial charge in [0, 0.05) is 19.3 Å². The van der Waals surface area contributed by atoms with Gasteiger partial charge in [0.05, 0.1) is 5.56 Å². The maximum Gasteiger partial charge on any atom is 0.337 e. The number of hydrogen-bond donors (Lipinski definition) is 2. The van der Waals surface area contributed by atoms with Crippen molar-refractivity contribution in [2.24, 2.45) is 7.05 Å². The summed E-state index contributed by atoms with van der Waals surface area (Å²) in [4.78, 5) is 22.3. The summed E-state index contributed by atoms with van der Waals surface area (Å²) in [6.45, 7) is 3.76. The van der Waals surface area contributed by atoms with Crippen molar-refractivity contribution in [1.82, 2.24) is 4.57 Å². The number of nitrogens with zero attached hydrogens (tertiary/aromatic N) is 1. The maximum atomic E-state index is 11.6. The summed E-state index contributed by atoms with van der Waals surface area (Å²) in [5, 5.41) is 11.7. The molecule has 0 atom stereocenters. The Morgan fingerprint density at radius 2 is 2.13 bits per heavy atom. The number of carboxylic acids is 1. The summed E-state index contributed by atoms with van der Waals surface area (Å²) < 4.78 is 1.26. The van der Waals surface area contributed by atoms with Crippen molar-refractivity contribution in [3.05, 3.63) is 28.2 Å². The number of aromatic nitrogens is 1. The normalized spacial score (nSPS) is 10.4. The Bertz CT molecular complexity index is 435. The van der Waals surface area contributed by atoms with Gasteiger partial charge in [0.25, 0.3) is 5.56 Å². The highest BCUT2D eigenvalue weighted by Gasteiger charge is 2.09.